The van der Waals surface area contributed by atoms with Gasteiger partial charge in [0.25, 0.3) is 11.8 Å². The minimum Gasteiger partial charge on any atom is -0.490 e. The molecule has 0 fully saturated rings. The number of hydrogen-bond donors (Lipinski definition) is 1. The summed E-state index contributed by atoms with van der Waals surface area (Å²) >= 11 is 0. The van der Waals surface area contributed by atoms with Crippen LogP contribution in [0.25, 0.3) is 0 Å². The molecule has 0 saturated carbocycles. The summed E-state index contributed by atoms with van der Waals surface area (Å²) in [6.07, 6.45) is 0.970. The molecule has 3 amide bonds. The lowest BCUT2D eigenvalue weighted by molar-refractivity contribution is -0.119. The van der Waals surface area contributed by atoms with Crippen molar-refractivity contribution in [1.82, 2.24) is 4.90 Å². The first-order chi connectivity index (χ1) is 16.1. The van der Waals surface area contributed by atoms with E-state index in [0.29, 0.717) is 41.5 Å². The Bertz CT molecular complexity index is 1190. The SMILES string of the molecule is O=C(Nc1ccc2c(c1)OCCCO2)[C@H](Cc1ccccc1)N1C(=O)c2ccccc2C1=O. The maximum Gasteiger partial charge on any atom is 0.262 e. The van der Waals surface area contributed by atoms with Crippen LogP contribution in [0, 0.1) is 0 Å². The van der Waals surface area contributed by atoms with Crippen LogP contribution in [0.2, 0.25) is 0 Å². The first-order valence-electron chi connectivity index (χ1n) is 10.8. The molecule has 166 valence electrons. The maximum atomic E-state index is 13.5. The number of carbonyl (C=O) groups excluding carboxylic acids is 3. The van der Waals surface area contributed by atoms with Gasteiger partial charge in [0.05, 0.1) is 24.3 Å². The summed E-state index contributed by atoms with van der Waals surface area (Å²) in [6, 6.07) is 20.1. The fourth-order valence-electron chi connectivity index (χ4n) is 4.10. The van der Waals surface area contributed by atoms with E-state index in [1.54, 1.807) is 42.5 Å². The molecule has 0 aliphatic carbocycles. The van der Waals surface area contributed by atoms with Gasteiger partial charge in [-0.2, -0.15) is 0 Å². The van der Waals surface area contributed by atoms with Gasteiger partial charge in [0, 0.05) is 24.6 Å². The molecule has 7 nitrogen and oxygen atoms in total. The van der Waals surface area contributed by atoms with Crippen LogP contribution in [0.15, 0.2) is 72.8 Å². The third kappa shape index (κ3) is 4.05. The Kier molecular flexibility index (Phi) is 5.52. The number of nitrogens with one attached hydrogen (secondary N) is 1. The van der Waals surface area contributed by atoms with Gasteiger partial charge in [0.15, 0.2) is 11.5 Å². The number of rotatable bonds is 5. The van der Waals surface area contributed by atoms with Gasteiger partial charge in [-0.25, -0.2) is 0 Å². The van der Waals surface area contributed by atoms with Crippen molar-refractivity contribution < 1.29 is 23.9 Å². The zero-order valence-electron chi connectivity index (χ0n) is 17.8. The van der Waals surface area contributed by atoms with Gasteiger partial charge in [-0.1, -0.05) is 42.5 Å². The van der Waals surface area contributed by atoms with Crippen LogP contribution in [-0.4, -0.2) is 41.9 Å². The molecule has 3 aromatic rings. The van der Waals surface area contributed by atoms with E-state index in [-0.39, 0.29) is 6.42 Å². The Morgan fingerprint density at radius 1 is 0.848 bits per heavy atom. The second-order valence-corrected chi connectivity index (χ2v) is 7.93. The predicted octanol–water partition coefficient (Wildman–Crippen LogP) is 3.69. The van der Waals surface area contributed by atoms with Crippen molar-refractivity contribution in [2.45, 2.75) is 18.9 Å². The van der Waals surface area contributed by atoms with Gasteiger partial charge in [-0.05, 0) is 29.8 Å². The number of amides is 3. The van der Waals surface area contributed by atoms with E-state index in [1.807, 2.05) is 30.3 Å². The average molecular weight is 442 g/mol. The van der Waals surface area contributed by atoms with Crippen molar-refractivity contribution in [3.63, 3.8) is 0 Å². The molecule has 0 spiro atoms. The van der Waals surface area contributed by atoms with Crippen LogP contribution < -0.4 is 14.8 Å². The normalized spacial score (nSPS) is 15.6. The Balaban J connectivity index is 1.45. The summed E-state index contributed by atoms with van der Waals surface area (Å²) in [4.78, 5) is 40.7. The van der Waals surface area contributed by atoms with Crippen LogP contribution in [0.5, 0.6) is 11.5 Å². The van der Waals surface area contributed by atoms with Crippen molar-refractivity contribution >= 4 is 23.4 Å². The summed E-state index contributed by atoms with van der Waals surface area (Å²) in [5.74, 6) is -0.226. The number of benzene rings is 3. The number of fused-ring (bicyclic) bond motifs is 2. The molecular formula is C26H22N2O5. The van der Waals surface area contributed by atoms with Gasteiger partial charge in [0.1, 0.15) is 6.04 Å². The lowest BCUT2D eigenvalue weighted by Crippen LogP contribution is -2.48. The number of nitrogens with zero attached hydrogens (tertiary/aromatic N) is 1. The van der Waals surface area contributed by atoms with Crippen LogP contribution in [0.3, 0.4) is 0 Å². The quantitative estimate of drug-likeness (QED) is 0.609. The maximum absolute atomic E-state index is 13.5. The third-order valence-electron chi connectivity index (χ3n) is 5.73. The number of ether oxygens (including phenoxy) is 2. The highest BCUT2D eigenvalue weighted by molar-refractivity contribution is 6.23. The first-order valence-corrected chi connectivity index (χ1v) is 10.8. The Labute approximate surface area is 190 Å². The van der Waals surface area contributed by atoms with E-state index in [9.17, 15) is 14.4 Å². The second kappa shape index (κ2) is 8.78. The smallest absolute Gasteiger partial charge is 0.262 e. The van der Waals surface area contributed by atoms with Crippen molar-refractivity contribution in [2.24, 2.45) is 0 Å². The van der Waals surface area contributed by atoms with Crippen molar-refractivity contribution in [3.05, 3.63) is 89.5 Å². The summed E-state index contributed by atoms with van der Waals surface area (Å²) in [5.41, 5.74) is 1.96. The zero-order valence-corrected chi connectivity index (χ0v) is 17.8. The molecule has 1 N–H and O–H groups in total. The summed E-state index contributed by atoms with van der Waals surface area (Å²) < 4.78 is 11.4. The largest absolute Gasteiger partial charge is 0.490 e. The third-order valence-corrected chi connectivity index (χ3v) is 5.73. The van der Waals surface area contributed by atoms with Crippen LogP contribution in [-0.2, 0) is 11.2 Å². The highest BCUT2D eigenvalue weighted by Crippen LogP contribution is 2.33. The Hall–Kier alpha value is -4.13. The fraction of sp³-hybridized carbons (Fsp3) is 0.192. The van der Waals surface area contributed by atoms with Gasteiger partial charge < -0.3 is 14.8 Å². The number of anilines is 1. The summed E-state index contributed by atoms with van der Waals surface area (Å²) in [5, 5.41) is 2.86. The molecule has 1 atom stereocenters. The lowest BCUT2D eigenvalue weighted by atomic mass is 10.0. The summed E-state index contributed by atoms with van der Waals surface area (Å²) in [7, 11) is 0. The molecule has 5 rings (SSSR count). The molecule has 0 radical (unpaired) electrons. The van der Waals surface area contributed by atoms with Crippen molar-refractivity contribution in [2.75, 3.05) is 18.5 Å². The Morgan fingerprint density at radius 2 is 1.48 bits per heavy atom. The standard InChI is InChI=1S/C26H22N2O5/c29-24(27-18-11-12-22-23(16-18)33-14-6-13-32-22)21(15-17-7-2-1-3-8-17)28-25(30)19-9-4-5-10-20(19)26(28)31/h1-5,7-12,16,21H,6,13-15H2,(H,27,29)/t21-/m0/s1. The van der Waals surface area contributed by atoms with Gasteiger partial charge in [-0.3, -0.25) is 19.3 Å². The Morgan fingerprint density at radius 3 is 2.18 bits per heavy atom. The minimum atomic E-state index is -1.02. The highest BCUT2D eigenvalue weighted by atomic mass is 16.5. The molecule has 0 saturated heterocycles. The highest BCUT2D eigenvalue weighted by Gasteiger charge is 2.42. The van der Waals surface area contributed by atoms with Crippen LogP contribution in [0.1, 0.15) is 32.7 Å². The average Bonchev–Trinajstić information content (AvgIpc) is 2.98. The molecule has 0 bridgehead atoms. The second-order valence-electron chi connectivity index (χ2n) is 7.93. The fourth-order valence-corrected chi connectivity index (χ4v) is 4.10. The zero-order chi connectivity index (χ0) is 22.8. The van der Waals surface area contributed by atoms with Gasteiger partial charge >= 0.3 is 0 Å². The molecule has 33 heavy (non-hydrogen) atoms. The number of carbonyl (C=O) groups is 3. The molecular weight excluding hydrogens is 420 g/mol. The van der Waals surface area contributed by atoms with Crippen molar-refractivity contribution in [1.29, 1.82) is 0 Å². The predicted molar refractivity (Wildman–Crippen MR) is 122 cm³/mol. The summed E-state index contributed by atoms with van der Waals surface area (Å²) in [6.45, 7) is 1.09. The van der Waals surface area contributed by atoms with Gasteiger partial charge in [0.2, 0.25) is 5.91 Å². The lowest BCUT2D eigenvalue weighted by Gasteiger charge is -2.25. The molecule has 0 unspecified atom stereocenters. The number of imide groups is 1. The van der Waals surface area contributed by atoms with Crippen molar-refractivity contribution in [3.8, 4) is 11.5 Å². The molecule has 7 heteroatoms. The minimum absolute atomic E-state index is 0.197. The van der Waals surface area contributed by atoms with E-state index in [0.717, 1.165) is 16.9 Å². The van der Waals surface area contributed by atoms with E-state index in [4.69, 9.17) is 9.47 Å². The molecule has 2 aliphatic heterocycles. The molecule has 3 aromatic carbocycles. The first kappa shape index (κ1) is 20.8. The topological polar surface area (TPSA) is 84.9 Å². The van der Waals surface area contributed by atoms with E-state index in [1.165, 1.54) is 0 Å². The van der Waals surface area contributed by atoms with Gasteiger partial charge in [-0.15, -0.1) is 0 Å². The molecule has 2 heterocycles. The number of hydrogen-bond acceptors (Lipinski definition) is 5. The molecule has 2 aliphatic rings. The molecule has 0 aromatic heterocycles. The monoisotopic (exact) mass is 442 g/mol. The van der Waals surface area contributed by atoms with Crippen LogP contribution in [0.4, 0.5) is 5.69 Å². The van der Waals surface area contributed by atoms with E-state index < -0.39 is 23.8 Å². The van der Waals surface area contributed by atoms with E-state index in [2.05, 4.69) is 5.32 Å². The van der Waals surface area contributed by atoms with E-state index >= 15 is 0 Å². The van der Waals surface area contributed by atoms with Crippen LogP contribution >= 0.6 is 0 Å².